The fraction of sp³-hybridized carbons (Fsp3) is 0.278. The van der Waals surface area contributed by atoms with Crippen molar-refractivity contribution in [3.63, 3.8) is 0 Å². The molecule has 2 nitrogen and oxygen atoms in total. The summed E-state index contributed by atoms with van der Waals surface area (Å²) in [5, 5.41) is 1.12. The first-order valence-corrected chi connectivity index (χ1v) is 8.22. The highest BCUT2D eigenvalue weighted by Crippen LogP contribution is 2.25. The molecule has 1 heterocycles. The van der Waals surface area contributed by atoms with Gasteiger partial charge in [0.2, 0.25) is 0 Å². The van der Waals surface area contributed by atoms with E-state index in [1.807, 2.05) is 11.8 Å². The molecule has 21 heavy (non-hydrogen) atoms. The number of aryl methyl sites for hydroxylation is 4. The minimum atomic E-state index is 0.986. The van der Waals surface area contributed by atoms with E-state index in [1.54, 1.807) is 0 Å². The molecular weight excluding hydrogens is 276 g/mol. The van der Waals surface area contributed by atoms with E-state index < -0.39 is 0 Å². The van der Waals surface area contributed by atoms with E-state index in [2.05, 4.69) is 68.0 Å². The van der Waals surface area contributed by atoms with Crippen molar-refractivity contribution in [2.24, 2.45) is 0 Å². The second-order valence-corrected chi connectivity index (χ2v) is 6.78. The fourth-order valence-electron chi connectivity index (χ4n) is 2.80. The monoisotopic (exact) mass is 297 g/mol. The Morgan fingerprint density at radius 1 is 0.952 bits per heavy atom. The number of fused-ring (bicyclic) bond motifs is 1. The molecular formula is C18H21N2S+. The second kappa shape index (κ2) is 5.57. The van der Waals surface area contributed by atoms with Crippen molar-refractivity contribution in [3.05, 3.63) is 58.1 Å². The lowest BCUT2D eigenvalue weighted by atomic mass is 10.0. The Labute approximate surface area is 130 Å². The molecule has 0 saturated heterocycles. The van der Waals surface area contributed by atoms with E-state index >= 15 is 0 Å². The molecule has 0 aliphatic carbocycles. The molecule has 2 aromatic carbocycles. The van der Waals surface area contributed by atoms with Gasteiger partial charge in [0, 0.05) is 5.75 Å². The van der Waals surface area contributed by atoms with E-state index in [1.165, 1.54) is 38.9 Å². The summed E-state index contributed by atoms with van der Waals surface area (Å²) in [6, 6.07) is 11.0. The van der Waals surface area contributed by atoms with Crippen LogP contribution in [-0.4, -0.2) is 4.98 Å². The van der Waals surface area contributed by atoms with Crippen molar-refractivity contribution < 1.29 is 4.98 Å². The molecule has 0 saturated carbocycles. The van der Waals surface area contributed by atoms with Crippen LogP contribution in [0.25, 0.3) is 11.0 Å². The zero-order valence-corrected chi connectivity index (χ0v) is 13.8. The van der Waals surface area contributed by atoms with E-state index in [-0.39, 0.29) is 0 Å². The summed E-state index contributed by atoms with van der Waals surface area (Å²) >= 11 is 1.83. The normalized spacial score (nSPS) is 11.2. The van der Waals surface area contributed by atoms with Gasteiger partial charge in [-0.1, -0.05) is 23.8 Å². The number of H-pyrrole nitrogens is 2. The SMILES string of the molecule is Cc1cc(C)c(CSc2[nH]c3cc(C)ccc3[nH+]2)c(C)c1. The van der Waals surface area contributed by atoms with Crippen LogP contribution in [0.2, 0.25) is 0 Å². The lowest BCUT2D eigenvalue weighted by Gasteiger charge is -2.09. The molecule has 1 aromatic heterocycles. The van der Waals surface area contributed by atoms with Gasteiger partial charge in [-0.05, 0) is 73.8 Å². The molecule has 0 bridgehead atoms. The first kappa shape index (κ1) is 14.2. The molecule has 3 heteroatoms. The zero-order valence-electron chi connectivity index (χ0n) is 13.0. The van der Waals surface area contributed by atoms with Gasteiger partial charge in [0.1, 0.15) is 0 Å². The number of rotatable bonds is 3. The van der Waals surface area contributed by atoms with E-state index in [0.29, 0.717) is 0 Å². The molecule has 0 atom stereocenters. The van der Waals surface area contributed by atoms with Crippen molar-refractivity contribution in [1.29, 1.82) is 0 Å². The predicted molar refractivity (Wildman–Crippen MR) is 89.8 cm³/mol. The zero-order chi connectivity index (χ0) is 15.0. The van der Waals surface area contributed by atoms with Crippen LogP contribution in [0.4, 0.5) is 0 Å². The number of hydrogen-bond acceptors (Lipinski definition) is 1. The summed E-state index contributed by atoms with van der Waals surface area (Å²) in [5.74, 6) is 0.986. The van der Waals surface area contributed by atoms with Gasteiger partial charge < -0.3 is 0 Å². The Bertz CT molecular complexity index is 779. The van der Waals surface area contributed by atoms with Crippen LogP contribution in [0, 0.1) is 27.7 Å². The maximum atomic E-state index is 3.46. The van der Waals surface area contributed by atoms with Crippen molar-refractivity contribution >= 4 is 22.8 Å². The van der Waals surface area contributed by atoms with Gasteiger partial charge in [-0.25, -0.2) is 9.97 Å². The number of thioether (sulfide) groups is 1. The Hall–Kier alpha value is -1.74. The maximum absolute atomic E-state index is 3.46. The summed E-state index contributed by atoms with van der Waals surface area (Å²) in [6.45, 7) is 8.68. The molecule has 0 aliphatic heterocycles. The first-order chi connectivity index (χ1) is 10.0. The van der Waals surface area contributed by atoms with Crippen molar-refractivity contribution in [2.45, 2.75) is 38.6 Å². The lowest BCUT2D eigenvalue weighted by molar-refractivity contribution is -0.396. The lowest BCUT2D eigenvalue weighted by Crippen LogP contribution is -2.02. The van der Waals surface area contributed by atoms with Crippen LogP contribution >= 0.6 is 11.8 Å². The minimum Gasteiger partial charge on any atom is -0.231 e. The third-order valence-electron chi connectivity index (χ3n) is 3.87. The standard InChI is InChI=1S/C18H20N2S/c1-11-5-6-16-17(9-11)20-18(19-16)21-10-15-13(3)7-12(2)8-14(15)4/h5-9H,10H2,1-4H3,(H,19,20)/p+1. The predicted octanol–water partition coefficient (Wildman–Crippen LogP) is 4.51. The molecule has 0 amide bonds. The number of benzene rings is 2. The second-order valence-electron chi connectivity index (χ2n) is 5.79. The van der Waals surface area contributed by atoms with Gasteiger partial charge in [-0.15, -0.1) is 0 Å². The highest BCUT2D eigenvalue weighted by atomic mass is 32.2. The largest absolute Gasteiger partial charge is 0.314 e. The molecule has 0 aliphatic rings. The van der Waals surface area contributed by atoms with Crippen molar-refractivity contribution in [2.75, 3.05) is 0 Å². The van der Waals surface area contributed by atoms with Gasteiger partial charge in [-0.2, -0.15) is 0 Å². The summed E-state index contributed by atoms with van der Waals surface area (Å²) in [5.41, 5.74) is 9.16. The molecule has 3 rings (SSSR count). The summed E-state index contributed by atoms with van der Waals surface area (Å²) < 4.78 is 0. The van der Waals surface area contributed by atoms with Gasteiger partial charge in [0.15, 0.2) is 11.0 Å². The van der Waals surface area contributed by atoms with Gasteiger partial charge in [0.05, 0.1) is 0 Å². The Morgan fingerprint density at radius 2 is 1.67 bits per heavy atom. The highest BCUT2D eigenvalue weighted by molar-refractivity contribution is 7.98. The molecule has 0 radical (unpaired) electrons. The number of aromatic amines is 2. The molecule has 0 unspecified atom stereocenters. The van der Waals surface area contributed by atoms with Gasteiger partial charge in [-0.3, -0.25) is 0 Å². The van der Waals surface area contributed by atoms with Crippen LogP contribution in [0.1, 0.15) is 27.8 Å². The van der Waals surface area contributed by atoms with E-state index in [0.717, 1.165) is 10.9 Å². The van der Waals surface area contributed by atoms with Crippen LogP contribution in [0.5, 0.6) is 0 Å². The van der Waals surface area contributed by atoms with Gasteiger partial charge in [0.25, 0.3) is 0 Å². The fourth-order valence-corrected chi connectivity index (χ4v) is 3.91. The number of nitrogens with one attached hydrogen (secondary N) is 2. The van der Waals surface area contributed by atoms with Gasteiger partial charge >= 0.3 is 5.16 Å². The minimum absolute atomic E-state index is 0.986. The number of imidazole rings is 1. The molecule has 0 spiro atoms. The Morgan fingerprint density at radius 3 is 2.38 bits per heavy atom. The Kier molecular flexibility index (Phi) is 3.77. The number of aromatic nitrogens is 2. The van der Waals surface area contributed by atoms with Crippen molar-refractivity contribution in [3.8, 4) is 0 Å². The molecule has 0 fully saturated rings. The molecule has 3 aromatic rings. The van der Waals surface area contributed by atoms with E-state index in [9.17, 15) is 0 Å². The van der Waals surface area contributed by atoms with Crippen LogP contribution in [0.15, 0.2) is 35.5 Å². The van der Waals surface area contributed by atoms with Crippen molar-refractivity contribution in [1.82, 2.24) is 4.98 Å². The average Bonchev–Trinajstić information content (AvgIpc) is 2.79. The summed E-state index contributed by atoms with van der Waals surface area (Å²) in [4.78, 5) is 6.92. The summed E-state index contributed by atoms with van der Waals surface area (Å²) in [7, 11) is 0. The molecule has 108 valence electrons. The third kappa shape index (κ3) is 2.98. The summed E-state index contributed by atoms with van der Waals surface area (Å²) in [6.07, 6.45) is 0. The smallest absolute Gasteiger partial charge is 0.231 e. The average molecular weight is 297 g/mol. The van der Waals surface area contributed by atoms with Crippen LogP contribution in [-0.2, 0) is 5.75 Å². The van der Waals surface area contributed by atoms with E-state index in [4.69, 9.17) is 0 Å². The number of hydrogen-bond donors (Lipinski definition) is 1. The molecule has 2 N–H and O–H groups in total. The quantitative estimate of drug-likeness (QED) is 0.708. The maximum Gasteiger partial charge on any atom is 0.314 e. The Balaban J connectivity index is 1.83. The topological polar surface area (TPSA) is 29.9 Å². The highest BCUT2D eigenvalue weighted by Gasteiger charge is 2.12. The van der Waals surface area contributed by atoms with Crippen LogP contribution in [0.3, 0.4) is 0 Å². The first-order valence-electron chi connectivity index (χ1n) is 7.24. The van der Waals surface area contributed by atoms with Crippen LogP contribution < -0.4 is 4.98 Å². The third-order valence-corrected chi connectivity index (χ3v) is 4.80.